The van der Waals surface area contributed by atoms with Crippen LogP contribution in [0.3, 0.4) is 0 Å². The number of amides is 1. The minimum atomic E-state index is 0.0998. The van der Waals surface area contributed by atoms with Crippen molar-refractivity contribution in [3.05, 3.63) is 47.5 Å². The normalized spacial score (nSPS) is 15.9. The molecular weight excluding hydrogens is 300 g/mol. The average Bonchev–Trinajstić information content (AvgIpc) is 2.52. The lowest BCUT2D eigenvalue weighted by Crippen LogP contribution is -2.54. The third-order valence-corrected chi connectivity index (χ3v) is 3.77. The molecule has 0 atom stereocenters. The number of guanidine groups is 1. The molecule has 1 saturated heterocycles. The highest BCUT2D eigenvalue weighted by Crippen LogP contribution is 2.13. The van der Waals surface area contributed by atoms with Gasteiger partial charge >= 0.3 is 0 Å². The van der Waals surface area contributed by atoms with Crippen LogP contribution in [0, 0.1) is 0 Å². The molecule has 1 fully saturated rings. The standard InChI is InChI=1S/C16H21ClN4O/c1-3-8-19-16(18-2)21-10-9-20(15(22)12-21)11-13-4-6-14(17)7-5-13/h3-7H,1,8-12H2,2H3,(H,18,19). The molecule has 0 unspecified atom stereocenters. The first-order chi connectivity index (χ1) is 10.6. The number of aliphatic imine (C=N–C) groups is 1. The van der Waals surface area contributed by atoms with E-state index in [9.17, 15) is 4.79 Å². The summed E-state index contributed by atoms with van der Waals surface area (Å²) in [5.74, 6) is 0.835. The number of piperazine rings is 1. The number of carbonyl (C=O) groups excluding carboxylic acids is 1. The lowest BCUT2D eigenvalue weighted by molar-refractivity contribution is -0.135. The van der Waals surface area contributed by atoms with Crippen LogP contribution < -0.4 is 5.32 Å². The molecule has 0 spiro atoms. The minimum absolute atomic E-state index is 0.0998. The van der Waals surface area contributed by atoms with Crippen molar-refractivity contribution in [1.82, 2.24) is 15.1 Å². The molecule has 1 aliphatic heterocycles. The molecule has 2 rings (SSSR count). The zero-order valence-corrected chi connectivity index (χ0v) is 13.5. The quantitative estimate of drug-likeness (QED) is 0.522. The summed E-state index contributed by atoms with van der Waals surface area (Å²) in [6.45, 7) is 6.69. The van der Waals surface area contributed by atoms with E-state index in [1.54, 1.807) is 13.1 Å². The van der Waals surface area contributed by atoms with E-state index in [1.807, 2.05) is 34.1 Å². The van der Waals surface area contributed by atoms with E-state index in [2.05, 4.69) is 16.9 Å². The lowest BCUT2D eigenvalue weighted by atomic mass is 10.2. The van der Waals surface area contributed by atoms with Gasteiger partial charge in [0.05, 0.1) is 6.54 Å². The molecule has 1 aliphatic rings. The molecule has 1 aromatic carbocycles. The van der Waals surface area contributed by atoms with Gasteiger partial charge in [-0.15, -0.1) is 6.58 Å². The lowest BCUT2D eigenvalue weighted by Gasteiger charge is -2.36. The minimum Gasteiger partial charge on any atom is -0.353 e. The van der Waals surface area contributed by atoms with Gasteiger partial charge in [-0.2, -0.15) is 0 Å². The number of hydrogen-bond acceptors (Lipinski definition) is 2. The van der Waals surface area contributed by atoms with Crippen molar-refractivity contribution in [2.75, 3.05) is 33.2 Å². The van der Waals surface area contributed by atoms with Gasteiger partial charge in [-0.05, 0) is 17.7 Å². The zero-order chi connectivity index (χ0) is 15.9. The van der Waals surface area contributed by atoms with Gasteiger partial charge in [0, 0.05) is 38.2 Å². The zero-order valence-electron chi connectivity index (χ0n) is 12.8. The summed E-state index contributed by atoms with van der Waals surface area (Å²) in [5.41, 5.74) is 1.08. The van der Waals surface area contributed by atoms with Crippen molar-refractivity contribution < 1.29 is 4.79 Å². The van der Waals surface area contributed by atoms with E-state index in [0.717, 1.165) is 18.1 Å². The van der Waals surface area contributed by atoms with Gasteiger partial charge in [0.2, 0.25) is 5.91 Å². The first-order valence-electron chi connectivity index (χ1n) is 7.22. The Morgan fingerprint density at radius 3 is 2.73 bits per heavy atom. The molecule has 118 valence electrons. The van der Waals surface area contributed by atoms with Crippen LogP contribution in [-0.4, -0.2) is 54.9 Å². The van der Waals surface area contributed by atoms with Crippen LogP contribution in [0.1, 0.15) is 5.56 Å². The maximum atomic E-state index is 12.3. The average molecular weight is 321 g/mol. The SMILES string of the molecule is C=CCNC(=NC)N1CCN(Cc2ccc(Cl)cc2)C(=O)C1. The summed E-state index contributed by atoms with van der Waals surface area (Å²) in [6.07, 6.45) is 1.77. The van der Waals surface area contributed by atoms with E-state index in [0.29, 0.717) is 31.2 Å². The van der Waals surface area contributed by atoms with Crippen molar-refractivity contribution in [2.45, 2.75) is 6.54 Å². The topological polar surface area (TPSA) is 47.9 Å². The molecule has 1 amide bonds. The maximum absolute atomic E-state index is 12.3. The van der Waals surface area contributed by atoms with Crippen LogP contribution in [-0.2, 0) is 11.3 Å². The van der Waals surface area contributed by atoms with Gasteiger partial charge in [-0.25, -0.2) is 0 Å². The van der Waals surface area contributed by atoms with Crippen LogP contribution in [0.15, 0.2) is 41.9 Å². The number of rotatable bonds is 4. The van der Waals surface area contributed by atoms with Crippen molar-refractivity contribution in [2.24, 2.45) is 4.99 Å². The summed E-state index contributed by atoms with van der Waals surface area (Å²) in [4.78, 5) is 20.4. The summed E-state index contributed by atoms with van der Waals surface area (Å²) in [7, 11) is 1.72. The van der Waals surface area contributed by atoms with Crippen molar-refractivity contribution in [1.29, 1.82) is 0 Å². The monoisotopic (exact) mass is 320 g/mol. The number of hydrogen-bond donors (Lipinski definition) is 1. The van der Waals surface area contributed by atoms with Crippen LogP contribution in [0.25, 0.3) is 0 Å². The Bertz CT molecular complexity index is 556. The second-order valence-corrected chi connectivity index (χ2v) is 5.52. The Balaban J connectivity index is 1.93. The Morgan fingerprint density at radius 2 is 2.14 bits per heavy atom. The predicted molar refractivity (Wildman–Crippen MR) is 90.0 cm³/mol. The van der Waals surface area contributed by atoms with Crippen LogP contribution in [0.2, 0.25) is 5.02 Å². The third-order valence-electron chi connectivity index (χ3n) is 3.52. The summed E-state index contributed by atoms with van der Waals surface area (Å²) in [5, 5.41) is 3.86. The Kier molecular flexibility index (Phi) is 5.83. The molecule has 0 aliphatic carbocycles. The van der Waals surface area contributed by atoms with E-state index in [-0.39, 0.29) is 5.91 Å². The highest BCUT2D eigenvalue weighted by atomic mass is 35.5. The van der Waals surface area contributed by atoms with Crippen LogP contribution in [0.5, 0.6) is 0 Å². The molecule has 1 aromatic rings. The highest BCUT2D eigenvalue weighted by Gasteiger charge is 2.25. The van der Waals surface area contributed by atoms with E-state index < -0.39 is 0 Å². The van der Waals surface area contributed by atoms with Crippen molar-refractivity contribution in [3.63, 3.8) is 0 Å². The smallest absolute Gasteiger partial charge is 0.242 e. The van der Waals surface area contributed by atoms with Gasteiger partial charge in [0.15, 0.2) is 5.96 Å². The first-order valence-corrected chi connectivity index (χ1v) is 7.60. The fraction of sp³-hybridized carbons (Fsp3) is 0.375. The molecule has 1 N–H and O–H groups in total. The predicted octanol–water partition coefficient (Wildman–Crippen LogP) is 1.75. The van der Waals surface area contributed by atoms with Gasteiger partial charge < -0.3 is 15.1 Å². The number of nitrogens with one attached hydrogen (secondary N) is 1. The molecular formula is C16H21ClN4O. The number of nitrogens with zero attached hydrogens (tertiary/aromatic N) is 3. The second-order valence-electron chi connectivity index (χ2n) is 5.08. The molecule has 6 heteroatoms. The molecule has 22 heavy (non-hydrogen) atoms. The van der Waals surface area contributed by atoms with Crippen LogP contribution in [0.4, 0.5) is 0 Å². The van der Waals surface area contributed by atoms with E-state index >= 15 is 0 Å². The van der Waals surface area contributed by atoms with Crippen molar-refractivity contribution in [3.8, 4) is 0 Å². The van der Waals surface area contributed by atoms with E-state index in [1.165, 1.54) is 0 Å². The molecule has 0 radical (unpaired) electrons. The summed E-state index contributed by atoms with van der Waals surface area (Å²) < 4.78 is 0. The number of halogens is 1. The molecule has 0 saturated carbocycles. The molecule has 0 aromatic heterocycles. The Hall–Kier alpha value is -2.01. The summed E-state index contributed by atoms with van der Waals surface area (Å²) >= 11 is 5.88. The van der Waals surface area contributed by atoms with Crippen LogP contribution >= 0.6 is 11.6 Å². The largest absolute Gasteiger partial charge is 0.353 e. The third kappa shape index (κ3) is 4.24. The number of carbonyl (C=O) groups is 1. The summed E-state index contributed by atoms with van der Waals surface area (Å²) in [6, 6.07) is 7.59. The van der Waals surface area contributed by atoms with Gasteiger partial charge in [0.25, 0.3) is 0 Å². The maximum Gasteiger partial charge on any atom is 0.242 e. The molecule has 1 heterocycles. The first kappa shape index (κ1) is 16.4. The fourth-order valence-electron chi connectivity index (χ4n) is 2.36. The van der Waals surface area contributed by atoms with E-state index in [4.69, 9.17) is 11.6 Å². The Morgan fingerprint density at radius 1 is 1.41 bits per heavy atom. The molecule has 5 nitrogen and oxygen atoms in total. The fourth-order valence-corrected chi connectivity index (χ4v) is 2.49. The van der Waals surface area contributed by atoms with Gasteiger partial charge in [0.1, 0.15) is 0 Å². The number of benzene rings is 1. The Labute approximate surface area is 136 Å². The molecule has 0 bridgehead atoms. The van der Waals surface area contributed by atoms with Crippen molar-refractivity contribution >= 4 is 23.5 Å². The highest BCUT2D eigenvalue weighted by molar-refractivity contribution is 6.30. The van der Waals surface area contributed by atoms with Gasteiger partial charge in [-0.1, -0.05) is 29.8 Å². The van der Waals surface area contributed by atoms with Gasteiger partial charge in [-0.3, -0.25) is 9.79 Å². The second kappa shape index (κ2) is 7.84.